The topological polar surface area (TPSA) is 54.9 Å². The molecule has 0 bridgehead atoms. The summed E-state index contributed by atoms with van der Waals surface area (Å²) in [6, 6.07) is 11.3. The SMILES string of the molecule is CCOc1ccc(OCC(=O)N2CCN(c3ccncc3)CC2)cc1. The van der Waals surface area contributed by atoms with Crippen LogP contribution < -0.4 is 14.4 Å². The molecule has 0 unspecified atom stereocenters. The van der Waals surface area contributed by atoms with Gasteiger partial charge in [-0.25, -0.2) is 0 Å². The Labute approximate surface area is 148 Å². The predicted molar refractivity (Wildman–Crippen MR) is 96.1 cm³/mol. The van der Waals surface area contributed by atoms with E-state index >= 15 is 0 Å². The van der Waals surface area contributed by atoms with E-state index < -0.39 is 0 Å². The van der Waals surface area contributed by atoms with Crippen LogP contribution in [0.25, 0.3) is 0 Å². The number of amides is 1. The molecule has 132 valence electrons. The first-order valence-corrected chi connectivity index (χ1v) is 8.54. The van der Waals surface area contributed by atoms with E-state index in [1.165, 1.54) is 0 Å². The summed E-state index contributed by atoms with van der Waals surface area (Å²) in [5, 5.41) is 0. The van der Waals surface area contributed by atoms with Crippen LogP contribution in [0.1, 0.15) is 6.92 Å². The highest BCUT2D eigenvalue weighted by molar-refractivity contribution is 5.78. The number of benzene rings is 1. The molecule has 0 saturated carbocycles. The molecule has 6 heteroatoms. The fraction of sp³-hybridized carbons (Fsp3) is 0.368. The Kier molecular flexibility index (Phi) is 5.72. The van der Waals surface area contributed by atoms with E-state index in [9.17, 15) is 4.79 Å². The predicted octanol–water partition coefficient (Wildman–Crippen LogP) is 2.21. The molecule has 0 radical (unpaired) electrons. The van der Waals surface area contributed by atoms with Crippen LogP contribution >= 0.6 is 0 Å². The van der Waals surface area contributed by atoms with E-state index in [2.05, 4.69) is 9.88 Å². The van der Waals surface area contributed by atoms with E-state index in [0.29, 0.717) is 25.4 Å². The van der Waals surface area contributed by atoms with Gasteiger partial charge in [-0.3, -0.25) is 9.78 Å². The van der Waals surface area contributed by atoms with Gasteiger partial charge in [0.15, 0.2) is 6.61 Å². The normalized spacial score (nSPS) is 14.3. The zero-order valence-corrected chi connectivity index (χ0v) is 14.4. The number of rotatable bonds is 6. The Hall–Kier alpha value is -2.76. The summed E-state index contributed by atoms with van der Waals surface area (Å²) in [6.45, 7) is 5.67. The van der Waals surface area contributed by atoms with Gasteiger partial charge in [-0.2, -0.15) is 0 Å². The second-order valence-electron chi connectivity index (χ2n) is 5.77. The average molecular weight is 341 g/mol. The number of pyridine rings is 1. The number of hydrogen-bond donors (Lipinski definition) is 0. The monoisotopic (exact) mass is 341 g/mol. The van der Waals surface area contributed by atoms with E-state index in [1.54, 1.807) is 12.4 Å². The molecule has 3 rings (SSSR count). The zero-order valence-electron chi connectivity index (χ0n) is 14.4. The van der Waals surface area contributed by atoms with Crippen LogP contribution in [-0.4, -0.2) is 55.2 Å². The van der Waals surface area contributed by atoms with Crippen LogP contribution in [0.5, 0.6) is 11.5 Å². The fourth-order valence-electron chi connectivity index (χ4n) is 2.80. The Morgan fingerprint density at radius 1 is 0.960 bits per heavy atom. The number of carbonyl (C=O) groups is 1. The first-order valence-electron chi connectivity index (χ1n) is 8.54. The van der Waals surface area contributed by atoms with Gasteiger partial charge >= 0.3 is 0 Å². The number of anilines is 1. The number of piperazine rings is 1. The summed E-state index contributed by atoms with van der Waals surface area (Å²) < 4.78 is 11.0. The maximum Gasteiger partial charge on any atom is 0.260 e. The Morgan fingerprint density at radius 3 is 2.16 bits per heavy atom. The van der Waals surface area contributed by atoms with Gasteiger partial charge in [-0.1, -0.05) is 0 Å². The largest absolute Gasteiger partial charge is 0.494 e. The highest BCUT2D eigenvalue weighted by atomic mass is 16.5. The van der Waals surface area contributed by atoms with Gasteiger partial charge in [0.05, 0.1) is 6.61 Å². The summed E-state index contributed by atoms with van der Waals surface area (Å²) in [5.74, 6) is 1.49. The number of aromatic nitrogens is 1. The summed E-state index contributed by atoms with van der Waals surface area (Å²) in [5.41, 5.74) is 1.15. The molecule has 1 aliphatic rings. The van der Waals surface area contributed by atoms with Crippen molar-refractivity contribution in [3.05, 3.63) is 48.8 Å². The molecule has 1 aromatic heterocycles. The van der Waals surface area contributed by atoms with E-state index in [0.717, 1.165) is 24.5 Å². The minimum absolute atomic E-state index is 0.0169. The summed E-state index contributed by atoms with van der Waals surface area (Å²) in [6.07, 6.45) is 3.58. The second kappa shape index (κ2) is 8.37. The number of ether oxygens (including phenoxy) is 2. The van der Waals surface area contributed by atoms with Crippen molar-refractivity contribution in [1.29, 1.82) is 0 Å². The molecule has 1 aromatic carbocycles. The lowest BCUT2D eigenvalue weighted by atomic mass is 10.2. The van der Waals surface area contributed by atoms with Crippen LogP contribution in [0, 0.1) is 0 Å². The molecule has 25 heavy (non-hydrogen) atoms. The molecule has 2 aromatic rings. The lowest BCUT2D eigenvalue weighted by molar-refractivity contribution is -0.133. The molecule has 2 heterocycles. The third-order valence-corrected chi connectivity index (χ3v) is 4.16. The van der Waals surface area contributed by atoms with Crippen molar-refractivity contribution in [2.24, 2.45) is 0 Å². The van der Waals surface area contributed by atoms with Crippen LogP contribution in [0.2, 0.25) is 0 Å². The maximum absolute atomic E-state index is 12.3. The third-order valence-electron chi connectivity index (χ3n) is 4.16. The fourth-order valence-corrected chi connectivity index (χ4v) is 2.80. The van der Waals surface area contributed by atoms with Crippen LogP contribution in [0.15, 0.2) is 48.8 Å². The molecule has 0 N–H and O–H groups in total. The van der Waals surface area contributed by atoms with Crippen molar-refractivity contribution in [3.63, 3.8) is 0 Å². The third kappa shape index (κ3) is 4.62. The van der Waals surface area contributed by atoms with Gasteiger partial charge in [0.1, 0.15) is 11.5 Å². The Balaban J connectivity index is 1.45. The standard InChI is InChI=1S/C19H23N3O3/c1-2-24-17-3-5-18(6-4-17)25-15-19(23)22-13-11-21(12-14-22)16-7-9-20-10-8-16/h3-10H,2,11-15H2,1H3. The smallest absolute Gasteiger partial charge is 0.260 e. The first-order chi connectivity index (χ1) is 12.3. The minimum Gasteiger partial charge on any atom is -0.494 e. The van der Waals surface area contributed by atoms with Crippen molar-refractivity contribution in [2.75, 3.05) is 44.3 Å². The average Bonchev–Trinajstić information content (AvgIpc) is 2.68. The van der Waals surface area contributed by atoms with Crippen molar-refractivity contribution in [1.82, 2.24) is 9.88 Å². The highest BCUT2D eigenvalue weighted by Crippen LogP contribution is 2.18. The number of nitrogens with zero attached hydrogens (tertiary/aromatic N) is 3. The zero-order chi connectivity index (χ0) is 17.5. The molecular formula is C19H23N3O3. The molecule has 0 spiro atoms. The lowest BCUT2D eigenvalue weighted by Crippen LogP contribution is -2.50. The van der Waals surface area contributed by atoms with Crippen LogP contribution in [0.3, 0.4) is 0 Å². The molecule has 1 aliphatic heterocycles. The molecule has 1 fully saturated rings. The Bertz CT molecular complexity index is 668. The summed E-state index contributed by atoms with van der Waals surface area (Å²) in [7, 11) is 0. The number of hydrogen-bond acceptors (Lipinski definition) is 5. The molecule has 0 aliphatic carbocycles. The van der Waals surface area contributed by atoms with Gasteiger partial charge in [0.2, 0.25) is 0 Å². The molecule has 6 nitrogen and oxygen atoms in total. The molecule has 1 amide bonds. The van der Waals surface area contributed by atoms with Crippen LogP contribution in [-0.2, 0) is 4.79 Å². The van der Waals surface area contributed by atoms with Crippen molar-refractivity contribution in [2.45, 2.75) is 6.92 Å². The summed E-state index contributed by atoms with van der Waals surface area (Å²) in [4.78, 5) is 20.5. The highest BCUT2D eigenvalue weighted by Gasteiger charge is 2.21. The van der Waals surface area contributed by atoms with Crippen molar-refractivity contribution < 1.29 is 14.3 Å². The minimum atomic E-state index is 0.0169. The van der Waals surface area contributed by atoms with E-state index in [1.807, 2.05) is 48.2 Å². The maximum atomic E-state index is 12.3. The van der Waals surface area contributed by atoms with E-state index in [-0.39, 0.29) is 12.5 Å². The second-order valence-corrected chi connectivity index (χ2v) is 5.77. The number of carbonyl (C=O) groups excluding carboxylic acids is 1. The Morgan fingerprint density at radius 2 is 1.56 bits per heavy atom. The quantitative estimate of drug-likeness (QED) is 0.806. The van der Waals surface area contributed by atoms with Crippen molar-refractivity contribution >= 4 is 11.6 Å². The van der Waals surface area contributed by atoms with Gasteiger partial charge in [-0.05, 0) is 43.3 Å². The van der Waals surface area contributed by atoms with Gasteiger partial charge < -0.3 is 19.3 Å². The first kappa shape index (κ1) is 17.1. The van der Waals surface area contributed by atoms with Crippen LogP contribution in [0.4, 0.5) is 5.69 Å². The van der Waals surface area contributed by atoms with Gasteiger partial charge in [-0.15, -0.1) is 0 Å². The van der Waals surface area contributed by atoms with E-state index in [4.69, 9.17) is 9.47 Å². The lowest BCUT2D eigenvalue weighted by Gasteiger charge is -2.36. The summed E-state index contributed by atoms with van der Waals surface area (Å²) >= 11 is 0. The molecule has 1 saturated heterocycles. The molecule has 0 atom stereocenters. The molecular weight excluding hydrogens is 318 g/mol. The van der Waals surface area contributed by atoms with Crippen molar-refractivity contribution in [3.8, 4) is 11.5 Å². The van der Waals surface area contributed by atoms with Gasteiger partial charge in [0, 0.05) is 44.3 Å². The van der Waals surface area contributed by atoms with Gasteiger partial charge in [0.25, 0.3) is 5.91 Å².